The van der Waals surface area contributed by atoms with Crippen molar-refractivity contribution in [2.75, 3.05) is 33.8 Å². The van der Waals surface area contributed by atoms with E-state index in [1.165, 1.54) is 12.5 Å². The molecule has 1 fully saturated rings. The summed E-state index contributed by atoms with van der Waals surface area (Å²) in [6, 6.07) is 16.1. The molecule has 30 heavy (non-hydrogen) atoms. The van der Waals surface area contributed by atoms with E-state index in [9.17, 15) is 9.59 Å². The van der Waals surface area contributed by atoms with Crippen LogP contribution in [0.4, 0.5) is 0 Å². The van der Waals surface area contributed by atoms with Gasteiger partial charge in [0, 0.05) is 39.0 Å². The van der Waals surface area contributed by atoms with Crippen LogP contribution in [0.15, 0.2) is 48.5 Å². The predicted octanol–water partition coefficient (Wildman–Crippen LogP) is 2.34. The first kappa shape index (κ1) is 21.8. The lowest BCUT2D eigenvalue weighted by Crippen LogP contribution is -2.35. The number of likely N-dealkylation sites (N-methyl/N-ethyl adjacent to an activating group) is 1. The largest absolute Gasteiger partial charge is 0.497 e. The fourth-order valence-corrected chi connectivity index (χ4v) is 4.02. The van der Waals surface area contributed by atoms with Crippen LogP contribution in [0.3, 0.4) is 0 Å². The number of amides is 2. The first-order chi connectivity index (χ1) is 14.5. The Kier molecular flexibility index (Phi) is 7.46. The van der Waals surface area contributed by atoms with Gasteiger partial charge in [0.15, 0.2) is 0 Å². The fourth-order valence-electron chi connectivity index (χ4n) is 4.02. The van der Waals surface area contributed by atoms with E-state index in [0.29, 0.717) is 13.1 Å². The second kappa shape index (κ2) is 10.3. The molecule has 160 valence electrons. The highest BCUT2D eigenvalue weighted by Gasteiger charge is 2.36. The highest BCUT2D eigenvalue weighted by atomic mass is 16.5. The molecule has 1 aliphatic heterocycles. The summed E-state index contributed by atoms with van der Waals surface area (Å²) in [5.41, 5.74) is 3.37. The number of carbonyl (C=O) groups is 2. The molecule has 1 aliphatic rings. The van der Waals surface area contributed by atoms with Gasteiger partial charge >= 0.3 is 0 Å². The van der Waals surface area contributed by atoms with Crippen LogP contribution >= 0.6 is 0 Å². The van der Waals surface area contributed by atoms with E-state index in [0.717, 1.165) is 36.4 Å². The number of nitrogens with one attached hydrogen (secondary N) is 2. The highest BCUT2D eigenvalue weighted by Crippen LogP contribution is 2.32. The number of ether oxygens (including phenoxy) is 1. The van der Waals surface area contributed by atoms with Crippen molar-refractivity contribution in [3.63, 3.8) is 0 Å². The molecule has 2 aromatic carbocycles. The summed E-state index contributed by atoms with van der Waals surface area (Å²) >= 11 is 0. The van der Waals surface area contributed by atoms with E-state index >= 15 is 0 Å². The van der Waals surface area contributed by atoms with Crippen molar-refractivity contribution in [2.24, 2.45) is 5.92 Å². The van der Waals surface area contributed by atoms with Crippen molar-refractivity contribution in [2.45, 2.75) is 25.8 Å². The number of nitrogens with zero attached hydrogens (tertiary/aromatic N) is 1. The summed E-state index contributed by atoms with van der Waals surface area (Å²) in [4.78, 5) is 26.4. The number of likely N-dealkylation sites (tertiary alicyclic amines) is 1. The zero-order valence-electron chi connectivity index (χ0n) is 18.0. The zero-order valence-corrected chi connectivity index (χ0v) is 18.0. The molecule has 0 spiro atoms. The van der Waals surface area contributed by atoms with Gasteiger partial charge in [-0.05, 0) is 42.3 Å². The van der Waals surface area contributed by atoms with Crippen molar-refractivity contribution in [1.82, 2.24) is 15.5 Å². The topological polar surface area (TPSA) is 70.7 Å². The second-order valence-corrected chi connectivity index (χ2v) is 7.98. The van der Waals surface area contributed by atoms with Crippen LogP contribution < -0.4 is 15.4 Å². The van der Waals surface area contributed by atoms with Gasteiger partial charge in [0.05, 0.1) is 13.0 Å². The van der Waals surface area contributed by atoms with Crippen LogP contribution in [0.25, 0.3) is 0 Å². The van der Waals surface area contributed by atoms with Crippen molar-refractivity contribution in [3.8, 4) is 5.75 Å². The Morgan fingerprint density at radius 3 is 2.53 bits per heavy atom. The first-order valence-electron chi connectivity index (χ1n) is 10.4. The van der Waals surface area contributed by atoms with Crippen molar-refractivity contribution in [1.29, 1.82) is 0 Å². The van der Waals surface area contributed by atoms with Gasteiger partial charge in [-0.3, -0.25) is 9.59 Å². The third kappa shape index (κ3) is 5.83. The van der Waals surface area contributed by atoms with E-state index in [2.05, 4.69) is 34.7 Å². The van der Waals surface area contributed by atoms with Crippen molar-refractivity contribution < 1.29 is 14.3 Å². The van der Waals surface area contributed by atoms with Gasteiger partial charge in [0.25, 0.3) is 0 Å². The molecule has 0 aliphatic carbocycles. The van der Waals surface area contributed by atoms with Crippen LogP contribution in [-0.2, 0) is 22.6 Å². The third-order valence-electron chi connectivity index (χ3n) is 5.63. The molecule has 6 nitrogen and oxygen atoms in total. The molecule has 0 bridgehead atoms. The lowest BCUT2D eigenvalue weighted by Gasteiger charge is -2.19. The van der Waals surface area contributed by atoms with Crippen LogP contribution in [0.1, 0.15) is 29.5 Å². The summed E-state index contributed by atoms with van der Waals surface area (Å²) in [5.74, 6) is 0.954. The predicted molar refractivity (Wildman–Crippen MR) is 117 cm³/mol. The maximum Gasteiger partial charge on any atom is 0.225 e. The maximum absolute atomic E-state index is 13.0. The lowest BCUT2D eigenvalue weighted by molar-refractivity contribution is -0.125. The number of methoxy groups -OCH3 is 1. The molecule has 2 amide bonds. The summed E-state index contributed by atoms with van der Waals surface area (Å²) in [7, 11) is 3.71. The monoisotopic (exact) mass is 409 g/mol. The molecule has 1 saturated heterocycles. The summed E-state index contributed by atoms with van der Waals surface area (Å²) in [5, 5.41) is 5.96. The first-order valence-corrected chi connectivity index (χ1v) is 10.4. The van der Waals surface area contributed by atoms with Gasteiger partial charge in [-0.1, -0.05) is 36.4 Å². The van der Waals surface area contributed by atoms with Gasteiger partial charge in [0.1, 0.15) is 5.75 Å². The molecule has 0 radical (unpaired) electrons. The minimum absolute atomic E-state index is 0.0462. The maximum atomic E-state index is 13.0. The number of benzene rings is 2. The quantitative estimate of drug-likeness (QED) is 0.702. The van der Waals surface area contributed by atoms with Crippen molar-refractivity contribution in [3.05, 3.63) is 65.2 Å². The van der Waals surface area contributed by atoms with Gasteiger partial charge < -0.3 is 20.3 Å². The zero-order chi connectivity index (χ0) is 21.5. The smallest absolute Gasteiger partial charge is 0.225 e. The number of hydrogen-bond acceptors (Lipinski definition) is 4. The Balaban J connectivity index is 1.60. The molecule has 2 aromatic rings. The Labute approximate surface area is 178 Å². The molecule has 0 unspecified atom stereocenters. The van der Waals surface area contributed by atoms with Crippen molar-refractivity contribution >= 4 is 11.8 Å². The minimum Gasteiger partial charge on any atom is -0.497 e. The lowest BCUT2D eigenvalue weighted by atomic mass is 9.87. The molecule has 6 heteroatoms. The fraction of sp³-hybridized carbons (Fsp3) is 0.417. The second-order valence-electron chi connectivity index (χ2n) is 7.98. The van der Waals surface area contributed by atoms with E-state index in [4.69, 9.17) is 4.74 Å². The van der Waals surface area contributed by atoms with Crippen LogP contribution in [0, 0.1) is 5.92 Å². The van der Waals surface area contributed by atoms with Crippen LogP contribution in [-0.4, -0.2) is 50.5 Å². The number of hydrogen-bond donors (Lipinski definition) is 2. The van der Waals surface area contributed by atoms with Gasteiger partial charge in [0.2, 0.25) is 11.8 Å². The van der Waals surface area contributed by atoms with Gasteiger partial charge in [-0.25, -0.2) is 0 Å². The van der Waals surface area contributed by atoms with E-state index < -0.39 is 0 Å². The minimum atomic E-state index is -0.0816. The molecule has 0 aromatic heterocycles. The SMILES string of the molecule is COc1ccc(CCNC(=O)[C@H]2CN(C)C[C@H]2c2cccc(CNC(C)=O)c2)cc1. The standard InChI is InChI=1S/C24H31N3O3/c1-17(28)26-14-19-5-4-6-20(13-19)22-15-27(2)16-23(22)24(29)25-12-11-18-7-9-21(30-3)10-8-18/h4-10,13,22-23H,11-12,14-16H2,1-3H3,(H,25,29)(H,26,28)/t22-,23-/m0/s1. The molecule has 1 heterocycles. The Hall–Kier alpha value is -2.86. The molecule has 2 N–H and O–H groups in total. The molecular formula is C24H31N3O3. The van der Waals surface area contributed by atoms with Gasteiger partial charge in [-0.2, -0.15) is 0 Å². The molecule has 3 rings (SSSR count). The third-order valence-corrected chi connectivity index (χ3v) is 5.63. The summed E-state index contributed by atoms with van der Waals surface area (Å²) in [6.45, 7) is 4.22. The summed E-state index contributed by atoms with van der Waals surface area (Å²) < 4.78 is 5.18. The highest BCUT2D eigenvalue weighted by molar-refractivity contribution is 5.80. The Morgan fingerprint density at radius 1 is 1.07 bits per heavy atom. The number of rotatable bonds is 8. The van der Waals surface area contributed by atoms with Crippen LogP contribution in [0.2, 0.25) is 0 Å². The van der Waals surface area contributed by atoms with Gasteiger partial charge in [-0.15, -0.1) is 0 Å². The molecule has 0 saturated carbocycles. The van der Waals surface area contributed by atoms with E-state index in [1.807, 2.05) is 36.4 Å². The van der Waals surface area contributed by atoms with E-state index in [1.54, 1.807) is 7.11 Å². The average molecular weight is 410 g/mol. The Bertz CT molecular complexity index is 866. The van der Waals surface area contributed by atoms with Crippen LogP contribution in [0.5, 0.6) is 5.75 Å². The Morgan fingerprint density at radius 2 is 1.83 bits per heavy atom. The molecular weight excluding hydrogens is 378 g/mol. The normalized spacial score (nSPS) is 18.8. The van der Waals surface area contributed by atoms with E-state index in [-0.39, 0.29) is 23.7 Å². The molecule has 2 atom stereocenters. The summed E-state index contributed by atoms with van der Waals surface area (Å²) in [6.07, 6.45) is 0.787. The number of carbonyl (C=O) groups excluding carboxylic acids is 2. The average Bonchev–Trinajstić information content (AvgIpc) is 3.15.